The number of nitrogens with one attached hydrogen (secondary N) is 2. The van der Waals surface area contributed by atoms with Crippen LogP contribution in [0.2, 0.25) is 0 Å². The van der Waals surface area contributed by atoms with E-state index in [0.29, 0.717) is 6.42 Å². The number of hydrogen-bond acceptors (Lipinski definition) is 5. The maximum Gasteiger partial charge on any atom is 0.276 e. The van der Waals surface area contributed by atoms with Crippen LogP contribution < -0.4 is 15.6 Å². The van der Waals surface area contributed by atoms with E-state index in [1.807, 2.05) is 10.9 Å². The Labute approximate surface area is 145 Å². The molecule has 2 N–H and O–H groups in total. The molecule has 1 fully saturated rings. The zero-order valence-corrected chi connectivity index (χ0v) is 14.0. The van der Waals surface area contributed by atoms with E-state index in [9.17, 15) is 35.6 Å². The highest BCUT2D eigenvalue weighted by molar-refractivity contribution is 7.91. The number of sulfone groups is 1. The third-order valence-electron chi connectivity index (χ3n) is 3.56. The summed E-state index contributed by atoms with van der Waals surface area (Å²) in [4.78, 5) is 23.1. The summed E-state index contributed by atoms with van der Waals surface area (Å²) in [5, 5.41) is 0. The lowest BCUT2D eigenvalue weighted by Gasteiger charge is -2.11. The maximum absolute atomic E-state index is 13.3. The first-order valence-corrected chi connectivity index (χ1v) is 9.15. The van der Waals surface area contributed by atoms with Crippen molar-refractivity contribution in [1.29, 1.82) is 0 Å². The molecule has 0 aliphatic carbocycles. The van der Waals surface area contributed by atoms with Gasteiger partial charge in [-0.25, -0.2) is 17.2 Å². The molecular weight excluding hydrogens is 384 g/mol. The fraction of sp³-hybridized carbons (Fsp3) is 0.429. The fourth-order valence-electron chi connectivity index (χ4n) is 2.34. The molecule has 1 saturated heterocycles. The van der Waals surface area contributed by atoms with E-state index in [-0.39, 0.29) is 29.9 Å². The van der Waals surface area contributed by atoms with Crippen LogP contribution in [0.1, 0.15) is 12.8 Å². The van der Waals surface area contributed by atoms with Crippen molar-refractivity contribution < 1.29 is 40.3 Å². The van der Waals surface area contributed by atoms with Gasteiger partial charge in [-0.2, -0.15) is 8.78 Å². The van der Waals surface area contributed by atoms with Crippen molar-refractivity contribution in [3.63, 3.8) is 0 Å². The Bertz CT molecular complexity index is 805. The number of halogens is 4. The van der Waals surface area contributed by atoms with Crippen LogP contribution in [0.25, 0.3) is 0 Å². The SMILES string of the molecule is O=C(COc1c(F)c(F)cc(F)c1F)NNC(=O)C[C@H]1CCS(=O)(=O)C1. The van der Waals surface area contributed by atoms with Gasteiger partial charge in [-0.05, 0) is 12.3 Å². The molecule has 0 aromatic heterocycles. The number of rotatable bonds is 5. The average Bonchev–Trinajstić information content (AvgIpc) is 2.89. The number of amides is 2. The Balaban J connectivity index is 1.80. The predicted molar refractivity (Wildman–Crippen MR) is 79.4 cm³/mol. The average molecular weight is 398 g/mol. The molecule has 26 heavy (non-hydrogen) atoms. The van der Waals surface area contributed by atoms with Crippen LogP contribution in [0, 0.1) is 29.2 Å². The van der Waals surface area contributed by atoms with E-state index in [0.717, 1.165) is 0 Å². The standard InChI is InChI=1S/C14H14F4N2O5S/c15-8-4-9(16)13(18)14(12(8)17)25-5-11(22)20-19-10(21)3-7-1-2-26(23,24)6-7/h4,7H,1-3,5-6H2,(H,19,21)(H,20,22)/t7-/m1/s1. The molecule has 1 aromatic rings. The van der Waals surface area contributed by atoms with Gasteiger partial charge in [0, 0.05) is 12.5 Å². The van der Waals surface area contributed by atoms with Gasteiger partial charge < -0.3 is 4.74 Å². The van der Waals surface area contributed by atoms with Crippen molar-refractivity contribution in [2.75, 3.05) is 18.1 Å². The van der Waals surface area contributed by atoms with Crippen molar-refractivity contribution >= 4 is 21.7 Å². The second-order valence-electron chi connectivity index (χ2n) is 5.66. The van der Waals surface area contributed by atoms with E-state index in [2.05, 4.69) is 4.74 Å². The second-order valence-corrected chi connectivity index (χ2v) is 7.88. The van der Waals surface area contributed by atoms with Gasteiger partial charge in [0.15, 0.2) is 33.8 Å². The summed E-state index contributed by atoms with van der Waals surface area (Å²) in [5.74, 6) is -10.6. The lowest BCUT2D eigenvalue weighted by Crippen LogP contribution is -2.44. The minimum atomic E-state index is -3.15. The highest BCUT2D eigenvalue weighted by Gasteiger charge is 2.29. The molecule has 1 aliphatic rings. The van der Waals surface area contributed by atoms with Gasteiger partial charge in [-0.3, -0.25) is 20.4 Å². The molecule has 1 aliphatic heterocycles. The van der Waals surface area contributed by atoms with Gasteiger partial charge in [0.1, 0.15) is 0 Å². The Kier molecular flexibility index (Phi) is 6.05. The lowest BCUT2D eigenvalue weighted by atomic mass is 10.1. The van der Waals surface area contributed by atoms with E-state index >= 15 is 0 Å². The first kappa shape index (κ1) is 19.9. The van der Waals surface area contributed by atoms with Crippen molar-refractivity contribution in [2.45, 2.75) is 12.8 Å². The highest BCUT2D eigenvalue weighted by atomic mass is 32.2. The van der Waals surface area contributed by atoms with Crippen LogP contribution >= 0.6 is 0 Å². The Morgan fingerprint density at radius 1 is 1.08 bits per heavy atom. The van der Waals surface area contributed by atoms with Crippen LogP contribution in [-0.2, 0) is 19.4 Å². The first-order valence-electron chi connectivity index (χ1n) is 7.33. The molecule has 7 nitrogen and oxygen atoms in total. The summed E-state index contributed by atoms with van der Waals surface area (Å²) in [6.45, 7) is -1.03. The summed E-state index contributed by atoms with van der Waals surface area (Å²) in [6, 6.07) is -0.0129. The van der Waals surface area contributed by atoms with Crippen molar-refractivity contribution in [3.8, 4) is 5.75 Å². The molecule has 12 heteroatoms. The van der Waals surface area contributed by atoms with Crippen molar-refractivity contribution in [1.82, 2.24) is 10.9 Å². The molecular formula is C14H14F4N2O5S. The number of carbonyl (C=O) groups is 2. The van der Waals surface area contributed by atoms with E-state index in [1.165, 1.54) is 0 Å². The summed E-state index contributed by atoms with van der Waals surface area (Å²) in [6.07, 6.45) is 0.190. The van der Waals surface area contributed by atoms with E-state index in [1.54, 1.807) is 0 Å². The van der Waals surface area contributed by atoms with Gasteiger partial charge >= 0.3 is 0 Å². The number of ether oxygens (including phenoxy) is 1. The molecule has 0 unspecified atom stereocenters. The lowest BCUT2D eigenvalue weighted by molar-refractivity contribution is -0.130. The minimum Gasteiger partial charge on any atom is -0.477 e. The summed E-state index contributed by atoms with van der Waals surface area (Å²) in [7, 11) is -3.15. The second kappa shape index (κ2) is 7.89. The quantitative estimate of drug-likeness (QED) is 0.430. The molecule has 144 valence electrons. The van der Waals surface area contributed by atoms with E-state index in [4.69, 9.17) is 0 Å². The maximum atomic E-state index is 13.3. The molecule has 1 heterocycles. The summed E-state index contributed by atoms with van der Waals surface area (Å²) in [5.41, 5.74) is 3.85. The van der Waals surface area contributed by atoms with Crippen LogP contribution in [0.5, 0.6) is 5.75 Å². The van der Waals surface area contributed by atoms with Gasteiger partial charge in [0.25, 0.3) is 5.91 Å². The summed E-state index contributed by atoms with van der Waals surface area (Å²) >= 11 is 0. The molecule has 2 rings (SSSR count). The van der Waals surface area contributed by atoms with Gasteiger partial charge in [0.2, 0.25) is 17.5 Å². The molecule has 1 aromatic carbocycles. The van der Waals surface area contributed by atoms with Gasteiger partial charge in [0.05, 0.1) is 11.5 Å². The molecule has 0 spiro atoms. The Morgan fingerprint density at radius 3 is 2.19 bits per heavy atom. The normalized spacial score (nSPS) is 18.4. The van der Waals surface area contributed by atoms with Crippen LogP contribution in [0.4, 0.5) is 17.6 Å². The van der Waals surface area contributed by atoms with Gasteiger partial charge in [-0.1, -0.05) is 0 Å². The smallest absolute Gasteiger partial charge is 0.276 e. The topological polar surface area (TPSA) is 102 Å². The van der Waals surface area contributed by atoms with Gasteiger partial charge in [-0.15, -0.1) is 0 Å². The predicted octanol–water partition coefficient (Wildman–Crippen LogP) is 0.594. The minimum absolute atomic E-state index is 0.00747. The molecule has 0 saturated carbocycles. The number of benzene rings is 1. The van der Waals surface area contributed by atoms with Crippen molar-refractivity contribution in [2.24, 2.45) is 5.92 Å². The first-order chi connectivity index (χ1) is 12.1. The number of hydrogen-bond donors (Lipinski definition) is 2. The number of hydrazine groups is 1. The molecule has 2 amide bonds. The van der Waals surface area contributed by atoms with E-state index < -0.39 is 57.3 Å². The largest absolute Gasteiger partial charge is 0.477 e. The molecule has 1 atom stereocenters. The monoisotopic (exact) mass is 398 g/mol. The van der Waals surface area contributed by atoms with Crippen LogP contribution in [0.15, 0.2) is 6.07 Å². The zero-order chi connectivity index (χ0) is 19.5. The van der Waals surface area contributed by atoms with Crippen molar-refractivity contribution in [3.05, 3.63) is 29.3 Å². The molecule has 0 radical (unpaired) electrons. The van der Waals surface area contributed by atoms with Crippen LogP contribution in [0.3, 0.4) is 0 Å². The summed E-state index contributed by atoms with van der Waals surface area (Å²) < 4.78 is 79.6. The zero-order valence-electron chi connectivity index (χ0n) is 13.2. The fourth-order valence-corrected chi connectivity index (χ4v) is 4.20. The third-order valence-corrected chi connectivity index (χ3v) is 5.40. The Hall–Kier alpha value is -2.37. The number of carbonyl (C=O) groups excluding carboxylic acids is 2. The van der Waals surface area contributed by atoms with Crippen LogP contribution in [-0.4, -0.2) is 38.3 Å². The third kappa shape index (κ3) is 5.07. The molecule has 0 bridgehead atoms. The highest BCUT2D eigenvalue weighted by Crippen LogP contribution is 2.26. The Morgan fingerprint density at radius 2 is 1.65 bits per heavy atom.